The summed E-state index contributed by atoms with van der Waals surface area (Å²) in [4.78, 5) is 25.2. The minimum absolute atomic E-state index is 0.0865. The molecule has 0 unspecified atom stereocenters. The van der Waals surface area contributed by atoms with Gasteiger partial charge in [0.2, 0.25) is 0 Å². The fourth-order valence-electron chi connectivity index (χ4n) is 3.24. The molecule has 0 aromatic rings. The largest absolute Gasteiger partial charge is 0.469 e. The van der Waals surface area contributed by atoms with Gasteiger partial charge in [-0.3, -0.25) is 9.59 Å². The summed E-state index contributed by atoms with van der Waals surface area (Å²) in [5.41, 5.74) is 0.500. The zero-order valence-corrected chi connectivity index (χ0v) is 42.3. The summed E-state index contributed by atoms with van der Waals surface area (Å²) < 4.78 is 18.1. The molecule has 8 heteroatoms. The molecule has 0 saturated carbocycles. The van der Waals surface area contributed by atoms with Crippen molar-refractivity contribution in [3.05, 3.63) is 0 Å². The van der Waals surface area contributed by atoms with Crippen LogP contribution >= 0.6 is 0 Å². The number of carbonyl (C=O) groups excluding carboxylic acids is 2. The highest BCUT2D eigenvalue weighted by atomic mass is 16.5. The van der Waals surface area contributed by atoms with Gasteiger partial charge in [0, 0.05) is 27.4 Å². The van der Waals surface area contributed by atoms with E-state index in [1.165, 1.54) is 66.0 Å². The molecular weight excluding hydrogens is 677 g/mol. The Morgan fingerprint density at radius 2 is 0.778 bits per heavy atom. The summed E-state index contributed by atoms with van der Waals surface area (Å²) in [6.45, 7) is 47.1. The number of esters is 2. The molecule has 0 rings (SSSR count). The smallest absolute Gasteiger partial charge is 0.306 e. The van der Waals surface area contributed by atoms with Crippen molar-refractivity contribution in [1.82, 2.24) is 9.80 Å². The number of hydrogen-bond acceptors (Lipinski definition) is 8. The molecule has 338 valence electrons. The topological polar surface area (TPSA) is 77.5 Å². The monoisotopic (exact) mass is 785 g/mol. The molecule has 0 spiro atoms. The second-order valence-corrected chi connectivity index (χ2v) is 16.5. The molecule has 0 aliphatic carbocycles. The van der Waals surface area contributed by atoms with Crippen LogP contribution in [0, 0.1) is 29.1 Å². The zero-order chi connectivity index (χ0) is 45.1. The SMILES string of the molecule is CC(C)(C)C.CC(C)C.CC(C)CC(C)C.CCC.CCC(CC)CC.CCN(CC)CC.CN(C)C.COC(=O)CCC(=O)OC.COCCCOC. The van der Waals surface area contributed by atoms with E-state index in [-0.39, 0.29) is 12.8 Å². The molecule has 0 aliphatic rings. The minimum atomic E-state index is -0.398. The van der Waals surface area contributed by atoms with E-state index in [1.54, 1.807) is 14.2 Å². The summed E-state index contributed by atoms with van der Waals surface area (Å²) >= 11 is 0. The van der Waals surface area contributed by atoms with Crippen molar-refractivity contribution in [3.63, 3.8) is 0 Å². The van der Waals surface area contributed by atoms with E-state index in [0.717, 1.165) is 43.3 Å². The second kappa shape index (κ2) is 63.7. The fraction of sp³-hybridized carbons (Fsp3) is 0.957. The molecule has 0 aromatic heterocycles. The van der Waals surface area contributed by atoms with E-state index >= 15 is 0 Å². The molecule has 0 aromatic carbocycles. The zero-order valence-electron chi connectivity index (χ0n) is 42.3. The van der Waals surface area contributed by atoms with Gasteiger partial charge in [-0.1, -0.05) is 157 Å². The number of carbonyl (C=O) groups is 2. The number of methoxy groups -OCH3 is 4. The van der Waals surface area contributed by atoms with Crippen LogP contribution in [0.4, 0.5) is 0 Å². The lowest BCUT2D eigenvalue weighted by atomic mass is 10.0. The van der Waals surface area contributed by atoms with Crippen molar-refractivity contribution in [2.45, 2.75) is 183 Å². The molecule has 0 saturated heterocycles. The predicted octanol–water partition coefficient (Wildman–Crippen LogP) is 13.0. The molecule has 8 nitrogen and oxygen atoms in total. The van der Waals surface area contributed by atoms with Gasteiger partial charge >= 0.3 is 11.9 Å². The van der Waals surface area contributed by atoms with Gasteiger partial charge in [-0.15, -0.1) is 0 Å². The highest BCUT2D eigenvalue weighted by Gasteiger charge is 2.05. The third-order valence-electron chi connectivity index (χ3n) is 5.70. The van der Waals surface area contributed by atoms with Crippen molar-refractivity contribution in [1.29, 1.82) is 0 Å². The lowest BCUT2D eigenvalue weighted by molar-refractivity contribution is -0.147. The Labute approximate surface area is 344 Å². The van der Waals surface area contributed by atoms with E-state index in [2.05, 4.69) is 146 Å². The molecule has 0 bridgehead atoms. The van der Waals surface area contributed by atoms with Crippen LogP contribution in [-0.4, -0.2) is 104 Å². The van der Waals surface area contributed by atoms with Crippen LogP contribution in [0.25, 0.3) is 0 Å². The van der Waals surface area contributed by atoms with E-state index in [9.17, 15) is 9.59 Å². The molecule has 0 N–H and O–H groups in total. The van der Waals surface area contributed by atoms with E-state index in [1.807, 2.05) is 26.0 Å². The Balaban J connectivity index is -0.0000000615. The number of ether oxygens (including phenoxy) is 4. The van der Waals surface area contributed by atoms with Crippen molar-refractivity contribution in [2.24, 2.45) is 29.1 Å². The fourth-order valence-corrected chi connectivity index (χ4v) is 3.24. The van der Waals surface area contributed by atoms with Crippen LogP contribution in [0.1, 0.15) is 183 Å². The van der Waals surface area contributed by atoms with Gasteiger partial charge < -0.3 is 28.7 Å². The average Bonchev–Trinajstić information content (AvgIpc) is 3.05. The molecule has 0 atom stereocenters. The summed E-state index contributed by atoms with van der Waals surface area (Å²) in [7, 11) is 11.9. The summed E-state index contributed by atoms with van der Waals surface area (Å²) in [6.07, 6.45) is 7.84. The van der Waals surface area contributed by atoms with E-state index in [0.29, 0.717) is 5.41 Å². The Bertz CT molecular complexity index is 546. The maximum atomic E-state index is 10.4. The van der Waals surface area contributed by atoms with Gasteiger partial charge in [0.1, 0.15) is 0 Å². The van der Waals surface area contributed by atoms with Gasteiger partial charge in [0.25, 0.3) is 0 Å². The van der Waals surface area contributed by atoms with E-state index in [4.69, 9.17) is 9.47 Å². The standard InChI is InChI=1S/2C7H16.C6H15N.C6H10O4.C5H12O2.C5H12.C4H10.C3H9N.C3H8/c1-6(2)5-7(3)4;2*1-4-7(5-2)6-3;1-9-5(7)3-4-6(8)10-2;1-6-4-3-5-7-2;1-5(2,3)4;2*1-4(2)3;1-3-2/h6-7H,5H2,1-4H3;7H,4-6H2,1-3H3;4-6H2,1-3H3;3-4H2,1-2H3;3-5H2,1-2H3;1-4H3;4H,1-3H3;1-3H3;3H2,1-2H3. The molecule has 0 fully saturated rings. The summed E-state index contributed by atoms with van der Waals surface area (Å²) in [5.74, 6) is 2.77. The van der Waals surface area contributed by atoms with Crippen molar-refractivity contribution in [3.8, 4) is 0 Å². The Morgan fingerprint density at radius 3 is 0.852 bits per heavy atom. The van der Waals surface area contributed by atoms with Crippen LogP contribution in [0.5, 0.6) is 0 Å². The first kappa shape index (κ1) is 73.8. The summed E-state index contributed by atoms with van der Waals surface area (Å²) in [5, 5.41) is 0. The molecule has 0 radical (unpaired) electrons. The van der Waals surface area contributed by atoms with Gasteiger partial charge in [-0.05, 0) is 82.7 Å². The van der Waals surface area contributed by atoms with Crippen LogP contribution in [0.3, 0.4) is 0 Å². The minimum Gasteiger partial charge on any atom is -0.469 e. The molecule has 54 heavy (non-hydrogen) atoms. The van der Waals surface area contributed by atoms with Crippen LogP contribution < -0.4 is 0 Å². The highest BCUT2D eigenvalue weighted by molar-refractivity contribution is 5.77. The molecular formula is C46H108N2O6. The van der Waals surface area contributed by atoms with Gasteiger partial charge in [0.05, 0.1) is 27.1 Å². The quantitative estimate of drug-likeness (QED) is 0.120. The Hall–Kier alpha value is -1.22. The molecule has 0 aliphatic heterocycles. The lowest BCUT2D eigenvalue weighted by Gasteiger charge is -2.13. The van der Waals surface area contributed by atoms with Gasteiger partial charge in [-0.2, -0.15) is 0 Å². The lowest BCUT2D eigenvalue weighted by Crippen LogP contribution is -2.21. The van der Waals surface area contributed by atoms with Crippen LogP contribution in [-0.2, 0) is 28.5 Å². The summed E-state index contributed by atoms with van der Waals surface area (Å²) in [6, 6.07) is 0. The molecule has 0 amide bonds. The number of rotatable bonds is 15. The van der Waals surface area contributed by atoms with Crippen molar-refractivity contribution >= 4 is 11.9 Å². The number of nitrogens with zero attached hydrogens (tertiary/aromatic N) is 2. The van der Waals surface area contributed by atoms with E-state index < -0.39 is 11.9 Å². The first-order valence-corrected chi connectivity index (χ1v) is 21.3. The third-order valence-corrected chi connectivity index (χ3v) is 5.70. The maximum absolute atomic E-state index is 10.4. The Morgan fingerprint density at radius 1 is 0.556 bits per heavy atom. The van der Waals surface area contributed by atoms with Crippen LogP contribution in [0.15, 0.2) is 0 Å². The van der Waals surface area contributed by atoms with Crippen LogP contribution in [0.2, 0.25) is 0 Å². The van der Waals surface area contributed by atoms with Gasteiger partial charge in [0.15, 0.2) is 0 Å². The first-order chi connectivity index (χ1) is 24.8. The van der Waals surface area contributed by atoms with Crippen molar-refractivity contribution in [2.75, 3.05) is 82.4 Å². The highest BCUT2D eigenvalue weighted by Crippen LogP contribution is 2.10. The first-order valence-electron chi connectivity index (χ1n) is 21.3. The van der Waals surface area contributed by atoms with Crippen molar-refractivity contribution < 1.29 is 28.5 Å². The predicted molar refractivity (Wildman–Crippen MR) is 245 cm³/mol. The average molecular weight is 785 g/mol. The molecule has 0 heterocycles. The third kappa shape index (κ3) is 163. The normalized spacial score (nSPS) is 9.70. The Kier molecular flexibility index (Phi) is 87.1. The number of hydrogen-bond donors (Lipinski definition) is 0. The second-order valence-electron chi connectivity index (χ2n) is 16.5. The van der Waals surface area contributed by atoms with Gasteiger partial charge in [-0.25, -0.2) is 0 Å². The maximum Gasteiger partial charge on any atom is 0.306 e.